The summed E-state index contributed by atoms with van der Waals surface area (Å²) in [4.78, 5) is 0. The predicted molar refractivity (Wildman–Crippen MR) is 137 cm³/mol. The van der Waals surface area contributed by atoms with E-state index in [0.717, 1.165) is 40.7 Å². The average molecular weight is 485 g/mol. The summed E-state index contributed by atoms with van der Waals surface area (Å²) in [7, 11) is 1.70. The van der Waals surface area contributed by atoms with Crippen molar-refractivity contribution >= 4 is 0 Å². The van der Waals surface area contributed by atoms with Crippen molar-refractivity contribution in [2.24, 2.45) is 0 Å². The molecule has 3 aromatic rings. The van der Waals surface area contributed by atoms with Crippen LogP contribution in [0.15, 0.2) is 60.7 Å². The monoisotopic (exact) mass is 484 g/mol. The van der Waals surface area contributed by atoms with Gasteiger partial charge in [-0.15, -0.1) is 0 Å². The molecular weight excluding hydrogens is 449 g/mol. The van der Waals surface area contributed by atoms with Crippen LogP contribution in [0.1, 0.15) is 48.4 Å². The van der Waals surface area contributed by atoms with Crippen molar-refractivity contribution in [2.75, 3.05) is 20.3 Å². The maximum Gasteiger partial charge on any atom is 0.389 e. The van der Waals surface area contributed by atoms with Crippen molar-refractivity contribution in [3.63, 3.8) is 0 Å². The van der Waals surface area contributed by atoms with E-state index in [-0.39, 0.29) is 13.0 Å². The highest BCUT2D eigenvalue weighted by Gasteiger charge is 2.25. The number of benzene rings is 3. The van der Waals surface area contributed by atoms with Crippen molar-refractivity contribution < 1.29 is 23.0 Å². The fraction of sp³-hybridized carbons (Fsp3) is 0.400. The number of rotatable bonds is 12. The molecule has 0 amide bonds. The largest absolute Gasteiger partial charge is 0.396 e. The highest BCUT2D eigenvalue weighted by Crippen LogP contribution is 2.31. The van der Waals surface area contributed by atoms with E-state index in [1.807, 2.05) is 12.1 Å². The number of aliphatic hydroxyl groups is 1. The van der Waals surface area contributed by atoms with E-state index >= 15 is 0 Å². The van der Waals surface area contributed by atoms with Crippen molar-refractivity contribution in [1.29, 1.82) is 0 Å². The summed E-state index contributed by atoms with van der Waals surface area (Å²) in [6, 6.07) is 21.1. The Labute approximate surface area is 206 Å². The van der Waals surface area contributed by atoms with E-state index in [1.54, 1.807) is 7.11 Å². The molecule has 0 aliphatic rings. The zero-order chi connectivity index (χ0) is 25.3. The van der Waals surface area contributed by atoms with E-state index in [0.29, 0.717) is 25.9 Å². The second kappa shape index (κ2) is 12.9. The van der Waals surface area contributed by atoms with Crippen LogP contribution < -0.4 is 0 Å². The van der Waals surface area contributed by atoms with Crippen LogP contribution in [0.25, 0.3) is 22.3 Å². The molecule has 188 valence electrons. The Kier molecular flexibility index (Phi) is 9.93. The normalized spacial score (nSPS) is 11.7. The fourth-order valence-corrected chi connectivity index (χ4v) is 4.47. The molecule has 0 spiro atoms. The molecule has 0 heterocycles. The number of aliphatic hydroxyl groups excluding tert-OH is 1. The standard InChI is InChI=1S/C30H35F3O2/c1-3-23-20-27(26-12-11-24(15-18-34)28(21-26)16-19-35-2)13-14-29(23)25-9-7-22(8-10-25)6-4-5-17-30(31,32)33/h7-14,20-21,34H,3-6,15-19H2,1-2H3. The van der Waals surface area contributed by atoms with E-state index in [2.05, 4.69) is 55.5 Å². The van der Waals surface area contributed by atoms with Crippen molar-refractivity contribution in [3.05, 3.63) is 82.9 Å². The molecule has 3 rings (SSSR count). The van der Waals surface area contributed by atoms with Crippen LogP contribution in [-0.4, -0.2) is 31.6 Å². The number of halogens is 3. The van der Waals surface area contributed by atoms with E-state index in [1.165, 1.54) is 16.7 Å². The average Bonchev–Trinajstić information content (AvgIpc) is 2.85. The highest BCUT2D eigenvalue weighted by molar-refractivity contribution is 5.74. The Bertz CT molecular complexity index is 1070. The number of aryl methyl sites for hydroxylation is 2. The molecule has 0 aliphatic heterocycles. The van der Waals surface area contributed by atoms with Gasteiger partial charge in [-0.05, 0) is 83.0 Å². The second-order valence-corrected chi connectivity index (χ2v) is 8.94. The van der Waals surface area contributed by atoms with Gasteiger partial charge in [0.25, 0.3) is 0 Å². The number of hydrogen-bond acceptors (Lipinski definition) is 2. The van der Waals surface area contributed by atoms with Crippen LogP contribution in [0.4, 0.5) is 13.2 Å². The first-order valence-electron chi connectivity index (χ1n) is 12.4. The van der Waals surface area contributed by atoms with Crippen molar-refractivity contribution in [3.8, 4) is 22.3 Å². The molecule has 5 heteroatoms. The quantitative estimate of drug-likeness (QED) is 0.269. The van der Waals surface area contributed by atoms with Crippen LogP contribution in [-0.2, 0) is 30.4 Å². The fourth-order valence-electron chi connectivity index (χ4n) is 4.47. The minimum absolute atomic E-state index is 0.125. The highest BCUT2D eigenvalue weighted by atomic mass is 19.4. The Morgan fingerprint density at radius 2 is 1.40 bits per heavy atom. The number of alkyl halides is 3. The summed E-state index contributed by atoms with van der Waals surface area (Å²) in [6.45, 7) is 2.91. The van der Waals surface area contributed by atoms with Gasteiger partial charge in [-0.2, -0.15) is 13.2 Å². The summed E-state index contributed by atoms with van der Waals surface area (Å²) >= 11 is 0. The molecule has 3 aromatic carbocycles. The third kappa shape index (κ3) is 7.94. The third-order valence-electron chi connectivity index (χ3n) is 6.42. The molecule has 0 radical (unpaired) electrons. The maximum atomic E-state index is 12.3. The van der Waals surface area contributed by atoms with Gasteiger partial charge in [-0.25, -0.2) is 0 Å². The van der Waals surface area contributed by atoms with Crippen LogP contribution in [0.3, 0.4) is 0 Å². The SMILES string of the molecule is CCc1cc(-c2ccc(CCO)c(CCOC)c2)ccc1-c1ccc(CCCCC(F)(F)F)cc1. The van der Waals surface area contributed by atoms with Gasteiger partial charge < -0.3 is 9.84 Å². The molecule has 0 atom stereocenters. The third-order valence-corrected chi connectivity index (χ3v) is 6.42. The lowest BCUT2D eigenvalue weighted by molar-refractivity contribution is -0.135. The minimum Gasteiger partial charge on any atom is -0.396 e. The number of methoxy groups -OCH3 is 1. The first-order valence-corrected chi connectivity index (χ1v) is 12.4. The molecule has 0 bridgehead atoms. The smallest absolute Gasteiger partial charge is 0.389 e. The van der Waals surface area contributed by atoms with Crippen LogP contribution in [0.2, 0.25) is 0 Å². The summed E-state index contributed by atoms with van der Waals surface area (Å²) in [5.41, 5.74) is 9.26. The molecule has 0 aromatic heterocycles. The van der Waals surface area contributed by atoms with Gasteiger partial charge >= 0.3 is 6.18 Å². The molecule has 0 saturated heterocycles. The van der Waals surface area contributed by atoms with E-state index in [9.17, 15) is 18.3 Å². The Morgan fingerprint density at radius 1 is 0.743 bits per heavy atom. The van der Waals surface area contributed by atoms with Crippen molar-refractivity contribution in [1.82, 2.24) is 0 Å². The summed E-state index contributed by atoms with van der Waals surface area (Å²) in [6.07, 6.45) is -1.08. The van der Waals surface area contributed by atoms with Gasteiger partial charge in [-0.1, -0.05) is 67.6 Å². The lowest BCUT2D eigenvalue weighted by Gasteiger charge is -2.14. The number of ether oxygens (including phenoxy) is 1. The first kappa shape index (κ1) is 27.0. The van der Waals surface area contributed by atoms with Gasteiger partial charge in [0, 0.05) is 20.1 Å². The molecule has 35 heavy (non-hydrogen) atoms. The van der Waals surface area contributed by atoms with Crippen LogP contribution >= 0.6 is 0 Å². The van der Waals surface area contributed by atoms with Gasteiger partial charge in [0.15, 0.2) is 0 Å². The molecule has 0 aliphatic carbocycles. The van der Waals surface area contributed by atoms with Gasteiger partial charge in [0.1, 0.15) is 0 Å². The van der Waals surface area contributed by atoms with Gasteiger partial charge in [0.2, 0.25) is 0 Å². The van der Waals surface area contributed by atoms with Gasteiger partial charge in [-0.3, -0.25) is 0 Å². The summed E-state index contributed by atoms with van der Waals surface area (Å²) in [5.74, 6) is 0. The topological polar surface area (TPSA) is 29.5 Å². The van der Waals surface area contributed by atoms with E-state index < -0.39 is 12.6 Å². The van der Waals surface area contributed by atoms with E-state index in [4.69, 9.17) is 4.74 Å². The lowest BCUT2D eigenvalue weighted by atomic mass is 9.91. The molecule has 0 fully saturated rings. The first-order chi connectivity index (χ1) is 16.8. The zero-order valence-corrected chi connectivity index (χ0v) is 20.6. The Balaban J connectivity index is 1.77. The predicted octanol–water partition coefficient (Wildman–Crippen LogP) is 7.58. The minimum atomic E-state index is -4.07. The molecule has 1 N–H and O–H groups in total. The van der Waals surface area contributed by atoms with Gasteiger partial charge in [0.05, 0.1) is 6.61 Å². The lowest BCUT2D eigenvalue weighted by Crippen LogP contribution is -2.06. The Morgan fingerprint density at radius 3 is 2.03 bits per heavy atom. The molecular formula is C30H35F3O2. The number of unbranched alkanes of at least 4 members (excludes halogenated alkanes) is 1. The zero-order valence-electron chi connectivity index (χ0n) is 20.6. The molecule has 0 saturated carbocycles. The Hall–Kier alpha value is -2.63. The maximum absolute atomic E-state index is 12.3. The molecule has 2 nitrogen and oxygen atoms in total. The second-order valence-electron chi connectivity index (χ2n) is 8.94. The summed E-state index contributed by atoms with van der Waals surface area (Å²) < 4.78 is 42.3. The molecule has 0 unspecified atom stereocenters. The van der Waals surface area contributed by atoms with Crippen molar-refractivity contribution in [2.45, 2.75) is 58.0 Å². The summed E-state index contributed by atoms with van der Waals surface area (Å²) in [5, 5.41) is 9.39. The van der Waals surface area contributed by atoms with Crippen LogP contribution in [0.5, 0.6) is 0 Å². The number of hydrogen-bond donors (Lipinski definition) is 1. The van der Waals surface area contributed by atoms with Crippen LogP contribution in [0, 0.1) is 0 Å².